The molecule has 1 aromatic heterocycles. The first-order chi connectivity index (χ1) is 36.1. The number of rotatable bonds is 37. The number of nitrogens with two attached hydrogens (primary N) is 4. The lowest BCUT2D eigenvalue weighted by atomic mass is 10.0. The molecule has 0 aliphatic rings. The number of pyridine rings is 1. The fraction of sp³-hybridized carbons (Fsp3) is 0.438. The Morgan fingerprint density at radius 1 is 0.671 bits per heavy atom. The van der Waals surface area contributed by atoms with E-state index < -0.39 is 72.5 Å². The molecule has 0 aliphatic carbocycles. The number of carbonyl (C=O) groups excluding carboxylic acids is 6. The van der Waals surface area contributed by atoms with Gasteiger partial charge in [0.1, 0.15) is 16.7 Å². The van der Waals surface area contributed by atoms with Crippen LogP contribution >= 0.6 is 28.1 Å². The van der Waals surface area contributed by atoms with Gasteiger partial charge in [0.15, 0.2) is 5.11 Å². The Bertz CT molecular complexity index is 2440. The number of thiocarbonyl (C=S) groups is 1. The fourth-order valence-electron chi connectivity index (χ4n) is 7.56. The predicted molar refractivity (Wildman–Crippen MR) is 286 cm³/mol. The van der Waals surface area contributed by atoms with Gasteiger partial charge in [0.25, 0.3) is 5.91 Å². The van der Waals surface area contributed by atoms with Gasteiger partial charge in [-0.2, -0.15) is 0 Å². The third kappa shape index (κ3) is 25.7. The molecule has 76 heavy (non-hydrogen) atoms. The molecule has 0 saturated heterocycles. The third-order valence-electron chi connectivity index (χ3n) is 11.4. The van der Waals surface area contributed by atoms with Crippen LogP contribution in [0.2, 0.25) is 0 Å². The number of anilines is 1. The molecule has 3 aromatic rings. The quantitative estimate of drug-likeness (QED) is 0.0184. The van der Waals surface area contributed by atoms with Crippen molar-refractivity contribution in [1.29, 1.82) is 0 Å². The molecule has 1 unspecified atom stereocenters. The van der Waals surface area contributed by atoms with E-state index in [1.54, 1.807) is 52.4 Å². The van der Waals surface area contributed by atoms with Crippen molar-refractivity contribution in [1.82, 2.24) is 46.3 Å². The van der Waals surface area contributed by atoms with Crippen LogP contribution in [0, 0.1) is 0 Å². The summed E-state index contributed by atoms with van der Waals surface area (Å²) in [4.78, 5) is 117. The lowest BCUT2D eigenvalue weighted by Crippen LogP contribution is -2.51. The van der Waals surface area contributed by atoms with Crippen molar-refractivity contribution in [2.24, 2.45) is 22.9 Å². The smallest absolute Gasteiger partial charge is 0.326 e. The summed E-state index contributed by atoms with van der Waals surface area (Å²) in [5.41, 5.74) is 25.2. The van der Waals surface area contributed by atoms with E-state index in [1.807, 2.05) is 29.2 Å². The van der Waals surface area contributed by atoms with E-state index in [4.69, 9.17) is 40.3 Å². The molecule has 1 heterocycles. The first-order valence-corrected chi connectivity index (χ1v) is 25.2. The number of hydrogen-bond donors (Lipinski definition) is 13. The van der Waals surface area contributed by atoms with Crippen molar-refractivity contribution in [2.45, 2.75) is 69.7 Å². The standard InChI is InChI=1S/C48H67BrN14O12S/c49-38-14-8-32(23-56-38)27-63(17-2-1-3-36(45(71)72)59-47(75)60-37(46(73)74)13-15-43(68)69)44(70)33-9-4-31(5-10-33)22-57-48(76)58-34-11-6-30(7-12-34)21-35(24-55-26-40(51)65)62(29-42(53)67)20-19-61(28-41(52)66)18-16-54-25-39(50)64/h4-12,14,23,35-37,54-55H,1-3,13,15-22,24-29H2,(H2,50,64)(H2,51,65)(H2,52,66)(H2,53,67)(H,68,69)(H,71,72)(H,73,74)(H2,57,58,76)(H2,59,60,75)/t35?,36-,37-/m1/s1. The van der Waals surface area contributed by atoms with E-state index in [0.29, 0.717) is 66.5 Å². The van der Waals surface area contributed by atoms with Crippen molar-refractivity contribution < 1.29 is 58.5 Å². The molecule has 0 aliphatic heterocycles. The summed E-state index contributed by atoms with van der Waals surface area (Å²) in [5, 5.41) is 44.9. The van der Waals surface area contributed by atoms with Crippen molar-refractivity contribution in [2.75, 3.05) is 70.8 Å². The highest BCUT2D eigenvalue weighted by Gasteiger charge is 2.26. The highest BCUT2D eigenvalue weighted by atomic mass is 79.9. The van der Waals surface area contributed by atoms with E-state index in [9.17, 15) is 53.4 Å². The second-order valence-electron chi connectivity index (χ2n) is 17.5. The number of aromatic nitrogens is 1. The minimum atomic E-state index is -1.54. The van der Waals surface area contributed by atoms with E-state index in [-0.39, 0.29) is 70.6 Å². The van der Waals surface area contributed by atoms with Gasteiger partial charge in [-0.3, -0.25) is 38.6 Å². The van der Waals surface area contributed by atoms with E-state index >= 15 is 0 Å². The Labute approximate surface area is 452 Å². The number of carboxylic acids is 3. The number of hydrogen-bond acceptors (Lipinski definition) is 15. The van der Waals surface area contributed by atoms with Crippen LogP contribution in [0.15, 0.2) is 71.5 Å². The summed E-state index contributed by atoms with van der Waals surface area (Å²) in [6, 6.07) is 13.5. The van der Waals surface area contributed by atoms with Crippen LogP contribution in [0.25, 0.3) is 0 Å². The third-order valence-corrected chi connectivity index (χ3v) is 12.1. The zero-order chi connectivity index (χ0) is 56.2. The normalized spacial score (nSPS) is 12.2. The Hall–Kier alpha value is -7.37. The number of aliphatic carboxylic acids is 3. The maximum absolute atomic E-state index is 13.9. The summed E-state index contributed by atoms with van der Waals surface area (Å²) < 4.78 is 0.602. The summed E-state index contributed by atoms with van der Waals surface area (Å²) in [5.74, 6) is -6.64. The van der Waals surface area contributed by atoms with Gasteiger partial charge < -0.3 is 75.1 Å². The average molecular weight is 1140 g/mol. The van der Waals surface area contributed by atoms with Gasteiger partial charge in [-0.15, -0.1) is 0 Å². The summed E-state index contributed by atoms with van der Waals surface area (Å²) in [6.07, 6.45) is 1.65. The van der Waals surface area contributed by atoms with Crippen LogP contribution in [0.3, 0.4) is 0 Å². The maximum Gasteiger partial charge on any atom is 0.326 e. The molecule has 0 bridgehead atoms. The van der Waals surface area contributed by atoms with Crippen LogP contribution in [0.4, 0.5) is 10.5 Å². The van der Waals surface area contributed by atoms with Crippen molar-refractivity contribution in [3.05, 3.63) is 93.7 Å². The highest BCUT2D eigenvalue weighted by Crippen LogP contribution is 2.17. The molecule has 2 aromatic carbocycles. The number of nitrogens with one attached hydrogen (secondary N) is 6. The molecule has 17 N–H and O–H groups in total. The molecule has 3 atom stereocenters. The number of primary amides is 4. The monoisotopic (exact) mass is 1140 g/mol. The van der Waals surface area contributed by atoms with E-state index in [1.165, 1.54) is 0 Å². The topological polar surface area (TPSA) is 413 Å². The van der Waals surface area contributed by atoms with E-state index in [0.717, 1.165) is 16.7 Å². The van der Waals surface area contributed by atoms with Gasteiger partial charge in [0.05, 0.1) is 26.2 Å². The first-order valence-electron chi connectivity index (χ1n) is 24.0. The molecule has 0 spiro atoms. The summed E-state index contributed by atoms with van der Waals surface area (Å²) >= 11 is 8.89. The molecular weight excluding hydrogens is 1080 g/mol. The lowest BCUT2D eigenvalue weighted by Gasteiger charge is -2.33. The van der Waals surface area contributed by atoms with Crippen molar-refractivity contribution >= 4 is 92.4 Å². The van der Waals surface area contributed by atoms with Gasteiger partial charge in [0.2, 0.25) is 23.6 Å². The molecule has 0 saturated carbocycles. The van der Waals surface area contributed by atoms with Crippen LogP contribution in [0.1, 0.15) is 59.2 Å². The Morgan fingerprint density at radius 3 is 1.86 bits per heavy atom. The largest absolute Gasteiger partial charge is 0.481 e. The predicted octanol–water partition coefficient (Wildman–Crippen LogP) is -1.15. The maximum atomic E-state index is 13.9. The Kier molecular flexibility index (Phi) is 27.8. The number of carbonyl (C=O) groups is 9. The number of unbranched alkanes of at least 4 members (excludes halogenated alkanes) is 1. The minimum Gasteiger partial charge on any atom is -0.481 e. The van der Waals surface area contributed by atoms with Gasteiger partial charge in [-0.25, -0.2) is 19.4 Å². The van der Waals surface area contributed by atoms with Crippen LogP contribution < -0.4 is 54.8 Å². The van der Waals surface area contributed by atoms with Crippen LogP contribution in [-0.2, 0) is 53.1 Å². The van der Waals surface area contributed by atoms with Crippen molar-refractivity contribution in [3.8, 4) is 0 Å². The number of amides is 7. The Morgan fingerprint density at radius 2 is 1.28 bits per heavy atom. The number of halogens is 1. The molecule has 0 radical (unpaired) electrons. The number of nitrogens with zero attached hydrogens (tertiary/aromatic N) is 4. The molecule has 28 heteroatoms. The molecule has 26 nitrogen and oxygen atoms in total. The average Bonchev–Trinajstić information content (AvgIpc) is 3.35. The van der Waals surface area contributed by atoms with E-state index in [2.05, 4.69) is 52.8 Å². The lowest BCUT2D eigenvalue weighted by molar-refractivity contribution is -0.141. The molecule has 7 amide bonds. The number of carboxylic acid groups (broad SMARTS) is 3. The number of urea groups is 1. The van der Waals surface area contributed by atoms with Gasteiger partial charge >= 0.3 is 23.9 Å². The minimum absolute atomic E-state index is 0.0394. The molecule has 414 valence electrons. The molecule has 3 rings (SSSR count). The second-order valence-corrected chi connectivity index (χ2v) is 18.7. The first kappa shape index (κ1) is 62.9. The summed E-state index contributed by atoms with van der Waals surface area (Å²) in [6.45, 7) is 1.93. The van der Waals surface area contributed by atoms with Crippen LogP contribution in [0.5, 0.6) is 0 Å². The van der Waals surface area contributed by atoms with Gasteiger partial charge in [-0.1, -0.05) is 30.3 Å². The fourth-order valence-corrected chi connectivity index (χ4v) is 7.98. The summed E-state index contributed by atoms with van der Waals surface area (Å²) in [7, 11) is 0. The van der Waals surface area contributed by atoms with Crippen LogP contribution in [-0.4, -0.2) is 177 Å². The molecular formula is C48H67BrN14O12S. The van der Waals surface area contributed by atoms with Gasteiger partial charge in [-0.05, 0) is 107 Å². The second kappa shape index (κ2) is 33.5. The van der Waals surface area contributed by atoms with Crippen molar-refractivity contribution in [3.63, 3.8) is 0 Å². The van der Waals surface area contributed by atoms with Gasteiger partial charge in [0, 0.05) is 82.3 Å². The Balaban J connectivity index is 1.62. The zero-order valence-electron chi connectivity index (χ0n) is 41.7. The zero-order valence-corrected chi connectivity index (χ0v) is 44.1. The number of benzene rings is 2. The molecule has 0 fully saturated rings. The SMILES string of the molecule is NC(=O)CNCCN(CCN(CC(N)=O)C(CNCC(N)=O)Cc1ccc(NC(=S)NCc2ccc(C(=O)N(CCCC[C@@H](NC(=O)N[C@H](CCC(=O)O)C(=O)O)C(=O)O)Cc3ccc(Br)nc3)cc2)cc1)CC(N)=O. The highest BCUT2D eigenvalue weighted by molar-refractivity contribution is 9.10.